The van der Waals surface area contributed by atoms with Crippen molar-refractivity contribution in [2.75, 3.05) is 7.11 Å². The van der Waals surface area contributed by atoms with Gasteiger partial charge in [0.25, 0.3) is 0 Å². The van der Waals surface area contributed by atoms with E-state index in [0.29, 0.717) is 5.88 Å². The van der Waals surface area contributed by atoms with Crippen molar-refractivity contribution in [3.05, 3.63) is 29.8 Å². The lowest BCUT2D eigenvalue weighted by atomic mass is 10.3. The summed E-state index contributed by atoms with van der Waals surface area (Å²) in [5, 5.41) is 2.02. The van der Waals surface area contributed by atoms with Gasteiger partial charge in [-0.1, -0.05) is 6.07 Å². The monoisotopic (exact) mass is 245 g/mol. The number of fused-ring (bicyclic) bond motifs is 1. The van der Waals surface area contributed by atoms with Crippen LogP contribution < -0.4 is 4.74 Å². The summed E-state index contributed by atoms with van der Waals surface area (Å²) in [6, 6.07) is 5.95. The van der Waals surface area contributed by atoms with E-state index in [9.17, 15) is 0 Å². The first-order valence-corrected chi connectivity index (χ1v) is 6.08. The van der Waals surface area contributed by atoms with Crippen LogP contribution in [0.4, 0.5) is 0 Å². The van der Waals surface area contributed by atoms with Crippen LogP contribution in [0.3, 0.4) is 0 Å². The van der Waals surface area contributed by atoms with Crippen LogP contribution in [0.25, 0.3) is 21.7 Å². The molecule has 0 atom stereocenters. The Balaban J connectivity index is 2.31. The lowest BCUT2D eigenvalue weighted by Crippen LogP contribution is -1.96. The van der Waals surface area contributed by atoms with E-state index in [-0.39, 0.29) is 0 Å². The average Bonchev–Trinajstić information content (AvgIpc) is 2.98. The van der Waals surface area contributed by atoms with Crippen LogP contribution in [0.2, 0.25) is 0 Å². The highest BCUT2D eigenvalue weighted by molar-refractivity contribution is 7.13. The molecule has 0 unspecified atom stereocenters. The van der Waals surface area contributed by atoms with Crippen LogP contribution in [-0.4, -0.2) is 21.6 Å². The molecule has 86 valence electrons. The predicted octanol–water partition coefficient (Wildman–Crippen LogP) is 2.71. The van der Waals surface area contributed by atoms with Crippen molar-refractivity contribution in [2.24, 2.45) is 7.05 Å². The number of aromatic nitrogens is 3. The van der Waals surface area contributed by atoms with Crippen molar-refractivity contribution >= 4 is 22.5 Å². The molecule has 0 aliphatic carbocycles. The Labute approximate surface area is 103 Å². The zero-order valence-electron chi connectivity index (χ0n) is 9.54. The zero-order valence-corrected chi connectivity index (χ0v) is 10.4. The first-order chi connectivity index (χ1) is 8.29. The minimum atomic E-state index is 0.575. The average molecular weight is 245 g/mol. The minimum absolute atomic E-state index is 0.575. The number of thiophene rings is 1. The highest BCUT2D eigenvalue weighted by Crippen LogP contribution is 2.31. The van der Waals surface area contributed by atoms with Crippen molar-refractivity contribution in [3.63, 3.8) is 0 Å². The van der Waals surface area contributed by atoms with Crippen LogP contribution in [0, 0.1) is 0 Å². The van der Waals surface area contributed by atoms with E-state index in [2.05, 4.69) is 9.97 Å². The quantitative estimate of drug-likeness (QED) is 0.697. The van der Waals surface area contributed by atoms with Gasteiger partial charge in [0.15, 0.2) is 5.65 Å². The molecule has 0 aromatic carbocycles. The third-order valence-electron chi connectivity index (χ3n) is 2.61. The summed E-state index contributed by atoms with van der Waals surface area (Å²) in [5.74, 6) is 0.575. The number of methoxy groups -OCH3 is 1. The van der Waals surface area contributed by atoms with Gasteiger partial charge in [0, 0.05) is 13.2 Å². The number of ether oxygens (including phenoxy) is 1. The van der Waals surface area contributed by atoms with Crippen LogP contribution in [0.5, 0.6) is 5.88 Å². The normalized spacial score (nSPS) is 10.9. The molecule has 0 radical (unpaired) electrons. The van der Waals surface area contributed by atoms with Gasteiger partial charge in [-0.15, -0.1) is 11.3 Å². The van der Waals surface area contributed by atoms with Crippen molar-refractivity contribution < 1.29 is 4.74 Å². The van der Waals surface area contributed by atoms with Crippen molar-refractivity contribution in [1.82, 2.24) is 14.5 Å². The molecule has 0 fully saturated rings. The molecule has 3 aromatic heterocycles. The molecule has 4 nitrogen and oxygen atoms in total. The van der Waals surface area contributed by atoms with Gasteiger partial charge in [-0.25, -0.2) is 9.97 Å². The minimum Gasteiger partial charge on any atom is -0.479 e. The number of nitrogens with zero attached hydrogens (tertiary/aromatic N) is 3. The molecule has 17 heavy (non-hydrogen) atoms. The predicted molar refractivity (Wildman–Crippen MR) is 68.4 cm³/mol. The summed E-state index contributed by atoms with van der Waals surface area (Å²) in [6.07, 6.45) is 1.95. The SMILES string of the molecule is COc1nc2ccn(C)c2nc1-c1cccs1. The second-order valence-electron chi connectivity index (χ2n) is 3.69. The molecule has 0 saturated heterocycles. The Morgan fingerprint density at radius 1 is 1.29 bits per heavy atom. The Morgan fingerprint density at radius 2 is 2.18 bits per heavy atom. The van der Waals surface area contributed by atoms with E-state index in [4.69, 9.17) is 4.74 Å². The van der Waals surface area contributed by atoms with Gasteiger partial charge in [-0.3, -0.25) is 0 Å². The van der Waals surface area contributed by atoms with Gasteiger partial charge in [-0.05, 0) is 17.5 Å². The maximum absolute atomic E-state index is 5.31. The summed E-state index contributed by atoms with van der Waals surface area (Å²) < 4.78 is 7.27. The Kier molecular flexibility index (Phi) is 2.33. The Bertz CT molecular complexity index is 658. The van der Waals surface area contributed by atoms with Crippen molar-refractivity contribution in [2.45, 2.75) is 0 Å². The molecule has 3 rings (SSSR count). The summed E-state index contributed by atoms with van der Waals surface area (Å²) in [4.78, 5) is 10.2. The van der Waals surface area contributed by atoms with Gasteiger partial charge in [0.1, 0.15) is 11.2 Å². The molecule has 3 aromatic rings. The highest BCUT2D eigenvalue weighted by atomic mass is 32.1. The fourth-order valence-corrected chi connectivity index (χ4v) is 2.47. The van der Waals surface area contributed by atoms with Gasteiger partial charge < -0.3 is 9.30 Å². The smallest absolute Gasteiger partial charge is 0.241 e. The van der Waals surface area contributed by atoms with E-state index in [1.807, 2.05) is 41.4 Å². The van der Waals surface area contributed by atoms with E-state index in [0.717, 1.165) is 21.7 Å². The maximum Gasteiger partial charge on any atom is 0.241 e. The van der Waals surface area contributed by atoms with Gasteiger partial charge >= 0.3 is 0 Å². The van der Waals surface area contributed by atoms with Gasteiger partial charge in [0.05, 0.1) is 12.0 Å². The molecule has 5 heteroatoms. The molecule has 0 N–H and O–H groups in total. The van der Waals surface area contributed by atoms with E-state index in [1.54, 1.807) is 18.4 Å². The van der Waals surface area contributed by atoms with E-state index < -0.39 is 0 Å². The van der Waals surface area contributed by atoms with Crippen LogP contribution in [-0.2, 0) is 7.05 Å². The second kappa shape index (κ2) is 3.85. The van der Waals surface area contributed by atoms with Gasteiger partial charge in [-0.2, -0.15) is 0 Å². The van der Waals surface area contributed by atoms with Crippen molar-refractivity contribution in [3.8, 4) is 16.5 Å². The Hall–Kier alpha value is -1.88. The Morgan fingerprint density at radius 3 is 2.88 bits per heavy atom. The standard InChI is InChI=1S/C12H11N3OS/c1-15-6-5-8-11(15)14-10(12(13-8)16-2)9-4-3-7-17-9/h3-7H,1-2H3. The van der Waals surface area contributed by atoms with Crippen LogP contribution >= 0.6 is 11.3 Å². The molecule has 0 saturated carbocycles. The lowest BCUT2D eigenvalue weighted by molar-refractivity contribution is 0.400. The number of hydrogen-bond acceptors (Lipinski definition) is 4. The molecule has 3 heterocycles. The molecule has 0 aliphatic rings. The number of aryl methyl sites for hydroxylation is 1. The molecular formula is C12H11N3OS. The second-order valence-corrected chi connectivity index (χ2v) is 4.64. The fourth-order valence-electron chi connectivity index (χ4n) is 1.76. The first kappa shape index (κ1) is 10.3. The molecular weight excluding hydrogens is 234 g/mol. The summed E-state index contributed by atoms with van der Waals surface area (Å²) in [7, 11) is 3.58. The maximum atomic E-state index is 5.31. The van der Waals surface area contributed by atoms with E-state index in [1.165, 1.54) is 0 Å². The molecule has 0 bridgehead atoms. The van der Waals surface area contributed by atoms with Crippen LogP contribution in [0.15, 0.2) is 29.8 Å². The largest absolute Gasteiger partial charge is 0.479 e. The van der Waals surface area contributed by atoms with Crippen molar-refractivity contribution in [1.29, 1.82) is 0 Å². The third kappa shape index (κ3) is 1.59. The zero-order chi connectivity index (χ0) is 11.8. The summed E-state index contributed by atoms with van der Waals surface area (Å²) >= 11 is 1.63. The van der Waals surface area contributed by atoms with Crippen LogP contribution in [0.1, 0.15) is 0 Å². The third-order valence-corrected chi connectivity index (χ3v) is 3.49. The number of rotatable bonds is 2. The fraction of sp³-hybridized carbons (Fsp3) is 0.167. The highest BCUT2D eigenvalue weighted by Gasteiger charge is 2.13. The topological polar surface area (TPSA) is 39.9 Å². The van der Waals surface area contributed by atoms with E-state index >= 15 is 0 Å². The van der Waals surface area contributed by atoms with Gasteiger partial charge in [0.2, 0.25) is 5.88 Å². The first-order valence-electron chi connectivity index (χ1n) is 5.20. The lowest BCUT2D eigenvalue weighted by Gasteiger charge is -2.05. The molecule has 0 spiro atoms. The number of hydrogen-bond donors (Lipinski definition) is 0. The molecule has 0 amide bonds. The summed E-state index contributed by atoms with van der Waals surface area (Å²) in [6.45, 7) is 0. The molecule has 0 aliphatic heterocycles. The summed E-state index contributed by atoms with van der Waals surface area (Å²) in [5.41, 5.74) is 2.52.